The van der Waals surface area contributed by atoms with Crippen LogP contribution in [0.3, 0.4) is 0 Å². The molecular formula is C25H19N3O7S3. The highest BCUT2D eigenvalue weighted by Gasteiger charge is 2.25. The number of hydrogen-bond acceptors (Lipinski definition) is 10. The first-order valence-corrected chi connectivity index (χ1v) is 14.1. The normalized spacial score (nSPS) is 11.9. The molecule has 1 unspecified atom stereocenters. The van der Waals surface area contributed by atoms with E-state index in [-0.39, 0.29) is 19.9 Å². The molecule has 4 aromatic rings. The van der Waals surface area contributed by atoms with Gasteiger partial charge in [-0.1, -0.05) is 59.9 Å². The van der Waals surface area contributed by atoms with E-state index in [1.54, 1.807) is 24.3 Å². The van der Waals surface area contributed by atoms with Crippen LogP contribution in [0.25, 0.3) is 0 Å². The van der Waals surface area contributed by atoms with E-state index < -0.39 is 38.5 Å². The SMILES string of the molecule is O=C(COC(=O)C(Sc1ccccc1)c1ccccc1)Nc1ncc(S(=O)(=O)c2ccc([N+](=O)[O-])cc2)s1. The molecule has 4 rings (SSSR count). The Balaban J connectivity index is 1.39. The van der Waals surface area contributed by atoms with Crippen molar-refractivity contribution in [3.8, 4) is 0 Å². The molecular weight excluding hydrogens is 550 g/mol. The van der Waals surface area contributed by atoms with Crippen LogP contribution in [0.5, 0.6) is 0 Å². The number of carbonyl (C=O) groups excluding carboxylic acids is 2. The number of aromatic nitrogens is 1. The minimum Gasteiger partial charge on any atom is -0.454 e. The van der Waals surface area contributed by atoms with E-state index in [0.29, 0.717) is 16.9 Å². The molecule has 0 bridgehead atoms. The van der Waals surface area contributed by atoms with Crippen LogP contribution in [-0.4, -0.2) is 36.8 Å². The molecule has 0 fully saturated rings. The summed E-state index contributed by atoms with van der Waals surface area (Å²) in [6.07, 6.45) is 1.07. The molecule has 0 saturated carbocycles. The minimum atomic E-state index is -4.00. The Bertz CT molecular complexity index is 1540. The van der Waals surface area contributed by atoms with Crippen molar-refractivity contribution < 1.29 is 27.7 Å². The number of nitro groups is 1. The number of carbonyl (C=O) groups is 2. The van der Waals surface area contributed by atoms with Gasteiger partial charge in [0.15, 0.2) is 11.7 Å². The highest BCUT2D eigenvalue weighted by Crippen LogP contribution is 2.36. The quantitative estimate of drug-likeness (QED) is 0.122. The number of hydrogen-bond donors (Lipinski definition) is 1. The van der Waals surface area contributed by atoms with Crippen LogP contribution >= 0.6 is 23.1 Å². The fraction of sp³-hybridized carbons (Fsp3) is 0.0800. The maximum atomic E-state index is 12.9. The van der Waals surface area contributed by atoms with Crippen molar-refractivity contribution in [2.45, 2.75) is 19.3 Å². The number of benzene rings is 3. The molecule has 3 aromatic carbocycles. The predicted octanol–water partition coefficient (Wildman–Crippen LogP) is 4.90. The van der Waals surface area contributed by atoms with E-state index in [1.165, 1.54) is 11.8 Å². The van der Waals surface area contributed by atoms with Crippen LogP contribution in [0.2, 0.25) is 0 Å². The zero-order chi connectivity index (χ0) is 27.1. The number of nitro benzene ring substituents is 1. The molecule has 1 amide bonds. The molecule has 1 heterocycles. The molecule has 13 heteroatoms. The standard InChI is InChI=1S/C25H19N3O7S3/c29-21(16-35-24(30)23(17-7-3-1-4-8-17)36-19-9-5-2-6-10-19)27-25-26-15-22(37-25)38(33,34)20-13-11-18(12-14-20)28(31)32/h1-15,23H,16H2,(H,26,27,29). The first-order chi connectivity index (χ1) is 18.2. The van der Waals surface area contributed by atoms with Gasteiger partial charge in [-0.15, -0.1) is 11.8 Å². The second-order valence-electron chi connectivity index (χ2n) is 7.62. The molecule has 0 spiro atoms. The minimum absolute atomic E-state index is 0.00944. The van der Waals surface area contributed by atoms with Crippen LogP contribution in [0.1, 0.15) is 10.8 Å². The molecule has 38 heavy (non-hydrogen) atoms. The summed E-state index contributed by atoms with van der Waals surface area (Å²) in [7, 11) is -4.00. The summed E-state index contributed by atoms with van der Waals surface area (Å²) in [5.74, 6) is -1.30. The number of ether oxygens (including phenoxy) is 1. The van der Waals surface area contributed by atoms with Gasteiger partial charge in [0.1, 0.15) is 9.46 Å². The largest absolute Gasteiger partial charge is 0.454 e. The van der Waals surface area contributed by atoms with Crippen LogP contribution in [-0.2, 0) is 24.2 Å². The molecule has 194 valence electrons. The van der Waals surface area contributed by atoms with Crippen molar-refractivity contribution in [1.82, 2.24) is 4.98 Å². The van der Waals surface area contributed by atoms with E-state index in [4.69, 9.17) is 4.74 Å². The van der Waals surface area contributed by atoms with Gasteiger partial charge < -0.3 is 4.74 Å². The monoisotopic (exact) mass is 569 g/mol. The number of non-ortho nitro benzene ring substituents is 1. The molecule has 0 aliphatic carbocycles. The van der Waals surface area contributed by atoms with E-state index >= 15 is 0 Å². The van der Waals surface area contributed by atoms with Crippen molar-refractivity contribution in [2.24, 2.45) is 0 Å². The summed E-state index contributed by atoms with van der Waals surface area (Å²) in [5.41, 5.74) is 0.472. The Morgan fingerprint density at radius 1 is 1.00 bits per heavy atom. The summed E-state index contributed by atoms with van der Waals surface area (Å²) in [4.78, 5) is 40.1. The molecule has 1 aromatic heterocycles. The van der Waals surface area contributed by atoms with Crippen LogP contribution in [0.4, 0.5) is 10.8 Å². The number of sulfone groups is 1. The number of rotatable bonds is 10. The third-order valence-corrected chi connectivity index (χ3v) is 9.40. The second-order valence-corrected chi connectivity index (χ2v) is 12.0. The Morgan fingerprint density at radius 3 is 2.26 bits per heavy atom. The summed E-state index contributed by atoms with van der Waals surface area (Å²) >= 11 is 1.99. The van der Waals surface area contributed by atoms with Gasteiger partial charge in [-0.25, -0.2) is 13.4 Å². The molecule has 10 nitrogen and oxygen atoms in total. The van der Waals surface area contributed by atoms with E-state index in [2.05, 4.69) is 10.3 Å². The van der Waals surface area contributed by atoms with Crippen molar-refractivity contribution in [1.29, 1.82) is 0 Å². The van der Waals surface area contributed by atoms with Crippen molar-refractivity contribution in [2.75, 3.05) is 11.9 Å². The van der Waals surface area contributed by atoms with Gasteiger partial charge in [0.25, 0.3) is 11.6 Å². The first-order valence-electron chi connectivity index (χ1n) is 10.9. The lowest BCUT2D eigenvalue weighted by atomic mass is 10.1. The number of nitrogens with zero attached hydrogens (tertiary/aromatic N) is 2. The average molecular weight is 570 g/mol. The second kappa shape index (κ2) is 12.0. The predicted molar refractivity (Wildman–Crippen MR) is 142 cm³/mol. The van der Waals surface area contributed by atoms with E-state index in [0.717, 1.165) is 35.4 Å². The zero-order valence-corrected chi connectivity index (χ0v) is 21.9. The molecule has 0 aliphatic heterocycles. The Kier molecular flexibility index (Phi) is 8.51. The Labute approximate surface area is 225 Å². The smallest absolute Gasteiger partial charge is 0.324 e. The number of thioether (sulfide) groups is 1. The third kappa shape index (κ3) is 6.62. The van der Waals surface area contributed by atoms with Crippen molar-refractivity contribution in [3.63, 3.8) is 0 Å². The number of anilines is 1. The summed E-state index contributed by atoms with van der Waals surface area (Å²) < 4.78 is 30.7. The maximum absolute atomic E-state index is 12.9. The van der Waals surface area contributed by atoms with Gasteiger partial charge in [0, 0.05) is 17.0 Å². The highest BCUT2D eigenvalue weighted by atomic mass is 32.2. The lowest BCUT2D eigenvalue weighted by Gasteiger charge is -2.16. The lowest BCUT2D eigenvalue weighted by molar-refractivity contribution is -0.384. The molecule has 0 aliphatic rings. The highest BCUT2D eigenvalue weighted by molar-refractivity contribution is 8.00. The number of amides is 1. The Morgan fingerprint density at radius 2 is 1.63 bits per heavy atom. The fourth-order valence-corrected chi connectivity index (χ4v) is 6.68. The van der Waals surface area contributed by atoms with Gasteiger partial charge in [-0.05, 0) is 29.8 Å². The van der Waals surface area contributed by atoms with Crippen LogP contribution in [0.15, 0.2) is 105 Å². The number of thiazole rings is 1. The van der Waals surface area contributed by atoms with Crippen molar-refractivity contribution >= 4 is 55.6 Å². The number of nitrogens with one attached hydrogen (secondary N) is 1. The summed E-state index contributed by atoms with van der Waals surface area (Å²) in [6.45, 7) is -0.596. The van der Waals surface area contributed by atoms with E-state index in [9.17, 15) is 28.1 Å². The van der Waals surface area contributed by atoms with Gasteiger partial charge in [-0.3, -0.25) is 25.0 Å². The number of esters is 1. The van der Waals surface area contributed by atoms with Gasteiger partial charge in [0.05, 0.1) is 16.0 Å². The van der Waals surface area contributed by atoms with E-state index in [1.807, 2.05) is 36.4 Å². The molecule has 0 saturated heterocycles. The van der Waals surface area contributed by atoms with Crippen LogP contribution < -0.4 is 5.32 Å². The van der Waals surface area contributed by atoms with Gasteiger partial charge in [0.2, 0.25) is 9.84 Å². The fourth-order valence-electron chi connectivity index (χ4n) is 3.19. The Hall–Kier alpha value is -4.07. The van der Waals surface area contributed by atoms with Gasteiger partial charge in [-0.2, -0.15) is 0 Å². The molecule has 1 N–H and O–H groups in total. The van der Waals surface area contributed by atoms with Crippen molar-refractivity contribution in [3.05, 3.63) is 107 Å². The average Bonchev–Trinajstić information content (AvgIpc) is 3.41. The lowest BCUT2D eigenvalue weighted by Crippen LogP contribution is -2.23. The summed E-state index contributed by atoms with van der Waals surface area (Å²) in [6, 6.07) is 22.8. The van der Waals surface area contributed by atoms with Crippen LogP contribution in [0, 0.1) is 10.1 Å². The molecule has 0 radical (unpaired) electrons. The topological polar surface area (TPSA) is 146 Å². The zero-order valence-electron chi connectivity index (χ0n) is 19.4. The molecule has 1 atom stereocenters. The maximum Gasteiger partial charge on any atom is 0.324 e. The summed E-state index contributed by atoms with van der Waals surface area (Å²) in [5, 5.41) is 12.5. The first kappa shape index (κ1) is 27.0. The third-order valence-electron chi connectivity index (χ3n) is 5.01. The van der Waals surface area contributed by atoms with Gasteiger partial charge >= 0.3 is 5.97 Å².